The van der Waals surface area contributed by atoms with Crippen LogP contribution in [0.25, 0.3) is 10.1 Å². The molecule has 5 rings (SSSR count). The molecular formula is C22H24N4S. The van der Waals surface area contributed by atoms with Gasteiger partial charge in [0.05, 0.1) is 11.4 Å². The highest BCUT2D eigenvalue weighted by Crippen LogP contribution is 2.32. The van der Waals surface area contributed by atoms with E-state index in [2.05, 4.69) is 46.1 Å². The number of nitrogens with zero attached hydrogens (tertiary/aromatic N) is 4. The Hall–Kier alpha value is -2.11. The number of benzene rings is 1. The maximum Gasteiger partial charge on any atom is 0.173 e. The van der Waals surface area contributed by atoms with E-state index in [1.807, 2.05) is 17.5 Å². The number of hydrogen-bond acceptors (Lipinski definition) is 5. The molecular weight excluding hydrogens is 352 g/mol. The summed E-state index contributed by atoms with van der Waals surface area (Å²) in [4.78, 5) is 18.2. The van der Waals surface area contributed by atoms with Gasteiger partial charge in [0.1, 0.15) is 0 Å². The summed E-state index contributed by atoms with van der Waals surface area (Å²) in [6, 6.07) is 8.73. The number of thiophene rings is 1. The van der Waals surface area contributed by atoms with E-state index in [9.17, 15) is 0 Å². The molecule has 4 heterocycles. The van der Waals surface area contributed by atoms with Crippen LogP contribution < -0.4 is 0 Å². The minimum atomic E-state index is 0.863. The third-order valence-corrected chi connectivity index (χ3v) is 6.96. The van der Waals surface area contributed by atoms with Crippen molar-refractivity contribution in [2.75, 3.05) is 13.1 Å². The predicted octanol–water partition coefficient (Wildman–Crippen LogP) is 4.53. The second kappa shape index (κ2) is 7.13. The summed E-state index contributed by atoms with van der Waals surface area (Å²) in [6.45, 7) is 6.20. The Morgan fingerprint density at radius 3 is 2.93 bits per heavy atom. The van der Waals surface area contributed by atoms with Crippen molar-refractivity contribution in [1.29, 1.82) is 0 Å². The summed E-state index contributed by atoms with van der Waals surface area (Å²) >= 11 is 1.93. The quantitative estimate of drug-likeness (QED) is 0.674. The van der Waals surface area contributed by atoms with Gasteiger partial charge in [-0.05, 0) is 43.2 Å². The third kappa shape index (κ3) is 3.30. The zero-order valence-electron chi connectivity index (χ0n) is 15.7. The molecule has 0 saturated heterocycles. The first kappa shape index (κ1) is 17.0. The zero-order valence-corrected chi connectivity index (χ0v) is 16.6. The van der Waals surface area contributed by atoms with E-state index in [-0.39, 0.29) is 0 Å². The highest BCUT2D eigenvalue weighted by Gasteiger charge is 2.21. The number of aryl methyl sites for hydroxylation is 1. The van der Waals surface area contributed by atoms with Gasteiger partial charge in [-0.25, -0.2) is 9.97 Å². The fourth-order valence-corrected chi connectivity index (χ4v) is 5.36. The fraction of sp³-hybridized carbons (Fsp3) is 0.409. The average Bonchev–Trinajstić information content (AvgIpc) is 3.04. The van der Waals surface area contributed by atoms with Gasteiger partial charge in [0.15, 0.2) is 5.82 Å². The molecule has 0 N–H and O–H groups in total. The van der Waals surface area contributed by atoms with Crippen molar-refractivity contribution < 1.29 is 0 Å². The van der Waals surface area contributed by atoms with E-state index in [0.717, 1.165) is 50.6 Å². The molecule has 0 spiro atoms. The van der Waals surface area contributed by atoms with Crippen LogP contribution in [0, 0.1) is 6.92 Å². The molecule has 27 heavy (non-hydrogen) atoms. The van der Waals surface area contributed by atoms with Gasteiger partial charge in [-0.2, -0.15) is 0 Å². The van der Waals surface area contributed by atoms with Crippen LogP contribution in [0.1, 0.15) is 46.8 Å². The molecule has 0 amide bonds. The van der Waals surface area contributed by atoms with Gasteiger partial charge >= 0.3 is 0 Å². The molecule has 0 unspecified atom stereocenters. The van der Waals surface area contributed by atoms with Crippen molar-refractivity contribution in [3.05, 3.63) is 58.0 Å². The molecule has 0 fully saturated rings. The van der Waals surface area contributed by atoms with E-state index < -0.39 is 0 Å². The van der Waals surface area contributed by atoms with Gasteiger partial charge < -0.3 is 0 Å². The van der Waals surface area contributed by atoms with E-state index in [0.29, 0.717) is 0 Å². The van der Waals surface area contributed by atoms with Crippen LogP contribution in [0.15, 0.2) is 35.5 Å². The first-order valence-electron chi connectivity index (χ1n) is 9.86. The summed E-state index contributed by atoms with van der Waals surface area (Å²) in [5.41, 5.74) is 5.04. The van der Waals surface area contributed by atoms with Crippen LogP contribution in [0.3, 0.4) is 0 Å². The monoisotopic (exact) mass is 376 g/mol. The van der Waals surface area contributed by atoms with Gasteiger partial charge in [0.2, 0.25) is 0 Å². The Morgan fingerprint density at radius 2 is 2.07 bits per heavy atom. The lowest BCUT2D eigenvalue weighted by Crippen LogP contribution is -2.31. The van der Waals surface area contributed by atoms with Crippen LogP contribution in [-0.4, -0.2) is 33.7 Å². The lowest BCUT2D eigenvalue weighted by molar-refractivity contribution is 0.244. The first-order chi connectivity index (χ1) is 13.3. The minimum Gasteiger partial charge on any atom is -0.293 e. The maximum atomic E-state index is 4.86. The van der Waals surface area contributed by atoms with Crippen molar-refractivity contribution >= 4 is 27.1 Å². The second-order valence-electron chi connectivity index (χ2n) is 7.56. The summed E-state index contributed by atoms with van der Waals surface area (Å²) in [7, 11) is 0. The Labute approximate surface area is 164 Å². The lowest BCUT2D eigenvalue weighted by atomic mass is 10.0. The van der Waals surface area contributed by atoms with E-state index in [1.54, 1.807) is 0 Å². The molecule has 1 aromatic carbocycles. The number of aromatic nitrogens is 2. The number of aliphatic imine (C=N–C) groups is 1. The Bertz CT molecular complexity index is 1020. The number of fused-ring (bicyclic) bond motifs is 2. The van der Waals surface area contributed by atoms with Crippen molar-refractivity contribution in [2.45, 2.75) is 45.7 Å². The second-order valence-corrected chi connectivity index (χ2v) is 8.69. The zero-order chi connectivity index (χ0) is 18.2. The van der Waals surface area contributed by atoms with Crippen LogP contribution in [0.4, 0.5) is 0 Å². The van der Waals surface area contributed by atoms with Crippen LogP contribution in [0.5, 0.6) is 0 Å². The molecule has 2 aliphatic heterocycles. The standard InChI is InChI=1S/C22H24N4S/c1-15-17-6-2-3-8-20(17)27-21(15)14-26-11-9-18-16(13-26)12-24-22(25-18)19-7-4-5-10-23-19/h2-3,6,8,12H,4-5,7,9-11,13-14H2,1H3. The summed E-state index contributed by atoms with van der Waals surface area (Å²) < 4.78 is 1.39. The molecule has 0 saturated carbocycles. The summed E-state index contributed by atoms with van der Waals surface area (Å²) in [6.07, 6.45) is 6.47. The third-order valence-electron chi connectivity index (χ3n) is 5.71. The van der Waals surface area contributed by atoms with E-state index in [1.165, 1.54) is 44.6 Å². The molecule has 2 aliphatic rings. The Kier molecular flexibility index (Phi) is 4.50. The molecule has 0 radical (unpaired) electrons. The molecule has 138 valence electrons. The highest BCUT2D eigenvalue weighted by atomic mass is 32.1. The topological polar surface area (TPSA) is 41.4 Å². The van der Waals surface area contributed by atoms with Gasteiger partial charge in [0, 0.05) is 53.9 Å². The van der Waals surface area contributed by atoms with Gasteiger partial charge in [-0.3, -0.25) is 9.89 Å². The van der Waals surface area contributed by atoms with Gasteiger partial charge in [0.25, 0.3) is 0 Å². The minimum absolute atomic E-state index is 0.863. The molecule has 0 aliphatic carbocycles. The van der Waals surface area contributed by atoms with Crippen LogP contribution >= 0.6 is 11.3 Å². The largest absolute Gasteiger partial charge is 0.293 e. The van der Waals surface area contributed by atoms with Crippen molar-refractivity contribution in [2.24, 2.45) is 4.99 Å². The fourth-order valence-electron chi connectivity index (χ4n) is 4.11. The Morgan fingerprint density at radius 1 is 1.15 bits per heavy atom. The van der Waals surface area contributed by atoms with Crippen LogP contribution in [0.2, 0.25) is 0 Å². The molecule has 0 bridgehead atoms. The normalized spacial score (nSPS) is 17.7. The number of rotatable bonds is 3. The predicted molar refractivity (Wildman–Crippen MR) is 112 cm³/mol. The van der Waals surface area contributed by atoms with E-state index >= 15 is 0 Å². The van der Waals surface area contributed by atoms with Crippen molar-refractivity contribution in [3.8, 4) is 0 Å². The van der Waals surface area contributed by atoms with E-state index in [4.69, 9.17) is 4.98 Å². The lowest BCUT2D eigenvalue weighted by Gasteiger charge is -2.28. The first-order valence-corrected chi connectivity index (χ1v) is 10.7. The van der Waals surface area contributed by atoms with Gasteiger partial charge in [-0.1, -0.05) is 18.2 Å². The number of hydrogen-bond donors (Lipinski definition) is 0. The van der Waals surface area contributed by atoms with Crippen molar-refractivity contribution in [1.82, 2.24) is 14.9 Å². The Balaban J connectivity index is 1.35. The summed E-state index contributed by atoms with van der Waals surface area (Å²) in [5, 5.41) is 1.40. The van der Waals surface area contributed by atoms with Crippen molar-refractivity contribution in [3.63, 3.8) is 0 Å². The van der Waals surface area contributed by atoms with Gasteiger partial charge in [-0.15, -0.1) is 11.3 Å². The molecule has 4 nitrogen and oxygen atoms in total. The molecule has 3 aromatic rings. The smallest absolute Gasteiger partial charge is 0.173 e. The molecule has 5 heteroatoms. The maximum absolute atomic E-state index is 4.86. The highest BCUT2D eigenvalue weighted by molar-refractivity contribution is 7.19. The summed E-state index contributed by atoms with van der Waals surface area (Å²) in [5.74, 6) is 0.863. The SMILES string of the molecule is Cc1c(CN2CCc3nc(C4=NCCCC4)ncc3C2)sc2ccccc12. The molecule has 0 atom stereocenters. The average molecular weight is 377 g/mol. The van der Waals surface area contributed by atoms with Crippen LogP contribution in [-0.2, 0) is 19.5 Å². The molecule has 2 aromatic heterocycles.